The zero-order chi connectivity index (χ0) is 15.6. The van der Waals surface area contributed by atoms with Crippen molar-refractivity contribution >= 4 is 10.0 Å². The lowest BCUT2D eigenvalue weighted by Crippen LogP contribution is -2.51. The van der Waals surface area contributed by atoms with Crippen LogP contribution in [0, 0.1) is 19.8 Å². The normalized spacial score (nSPS) is 15.3. The average Bonchev–Trinajstić information content (AvgIpc) is 2.30. The van der Waals surface area contributed by atoms with Gasteiger partial charge in [0.2, 0.25) is 10.0 Å². The van der Waals surface area contributed by atoms with E-state index in [9.17, 15) is 8.42 Å². The molecule has 1 atom stereocenters. The quantitative estimate of drug-likeness (QED) is 0.846. The maximum atomic E-state index is 12.5. The van der Waals surface area contributed by atoms with E-state index >= 15 is 0 Å². The van der Waals surface area contributed by atoms with Crippen molar-refractivity contribution in [3.8, 4) is 0 Å². The molecule has 1 rings (SSSR count). The topological polar surface area (TPSA) is 72.2 Å². The molecule has 0 bridgehead atoms. The van der Waals surface area contributed by atoms with Crippen molar-refractivity contribution in [3.63, 3.8) is 0 Å². The number of rotatable bonds is 6. The molecule has 4 nitrogen and oxygen atoms in total. The van der Waals surface area contributed by atoms with Gasteiger partial charge in [0, 0.05) is 12.1 Å². The first kappa shape index (κ1) is 17.1. The van der Waals surface area contributed by atoms with E-state index < -0.39 is 15.6 Å². The lowest BCUT2D eigenvalue weighted by atomic mass is 9.92. The van der Waals surface area contributed by atoms with E-state index in [1.165, 1.54) is 0 Å². The van der Waals surface area contributed by atoms with E-state index in [1.807, 2.05) is 26.8 Å². The number of hydrogen-bond acceptors (Lipinski definition) is 3. The standard InChI is InChI=1S/C15H26N2O2S/c1-11(2)9-15(5,10-16)17-20(18,19)14-7-6-12(3)13(4)8-14/h6-8,11,17H,9-10,16H2,1-5H3. The van der Waals surface area contributed by atoms with Crippen molar-refractivity contribution in [3.05, 3.63) is 29.3 Å². The van der Waals surface area contributed by atoms with Gasteiger partial charge in [-0.3, -0.25) is 0 Å². The molecule has 0 spiro atoms. The Hall–Kier alpha value is -0.910. The molecule has 0 heterocycles. The molecule has 0 aromatic heterocycles. The van der Waals surface area contributed by atoms with Crippen LogP contribution in [-0.4, -0.2) is 20.5 Å². The summed E-state index contributed by atoms with van der Waals surface area (Å²) in [6.07, 6.45) is 0.702. The van der Waals surface area contributed by atoms with Gasteiger partial charge >= 0.3 is 0 Å². The summed E-state index contributed by atoms with van der Waals surface area (Å²) < 4.78 is 27.7. The number of benzene rings is 1. The number of sulfonamides is 1. The number of aryl methyl sites for hydroxylation is 2. The summed E-state index contributed by atoms with van der Waals surface area (Å²) in [4.78, 5) is 0.295. The highest BCUT2D eigenvalue weighted by atomic mass is 32.2. The minimum absolute atomic E-state index is 0.273. The molecule has 1 aromatic rings. The molecule has 0 aliphatic carbocycles. The van der Waals surface area contributed by atoms with E-state index in [2.05, 4.69) is 18.6 Å². The number of nitrogens with two attached hydrogens (primary N) is 1. The van der Waals surface area contributed by atoms with Crippen LogP contribution in [0.5, 0.6) is 0 Å². The molecule has 0 radical (unpaired) electrons. The lowest BCUT2D eigenvalue weighted by Gasteiger charge is -2.30. The van der Waals surface area contributed by atoms with Crippen LogP contribution in [-0.2, 0) is 10.0 Å². The van der Waals surface area contributed by atoms with Crippen LogP contribution in [0.1, 0.15) is 38.3 Å². The zero-order valence-electron chi connectivity index (χ0n) is 13.0. The first-order chi connectivity index (χ1) is 9.09. The van der Waals surface area contributed by atoms with E-state index in [4.69, 9.17) is 5.73 Å². The molecule has 0 aliphatic heterocycles. The molecule has 114 valence electrons. The van der Waals surface area contributed by atoms with Crippen LogP contribution in [0.2, 0.25) is 0 Å². The van der Waals surface area contributed by atoms with Gasteiger partial charge < -0.3 is 5.73 Å². The summed E-state index contributed by atoms with van der Waals surface area (Å²) in [5.41, 5.74) is 7.19. The Labute approximate surface area is 122 Å². The van der Waals surface area contributed by atoms with Gasteiger partial charge in [0.15, 0.2) is 0 Å². The molecule has 0 fully saturated rings. The highest BCUT2D eigenvalue weighted by Crippen LogP contribution is 2.20. The van der Waals surface area contributed by atoms with Gasteiger partial charge in [0.1, 0.15) is 0 Å². The summed E-state index contributed by atoms with van der Waals surface area (Å²) in [6, 6.07) is 5.16. The van der Waals surface area contributed by atoms with Crippen LogP contribution < -0.4 is 10.5 Å². The fourth-order valence-electron chi connectivity index (χ4n) is 2.33. The highest BCUT2D eigenvalue weighted by Gasteiger charge is 2.30. The van der Waals surface area contributed by atoms with Crippen LogP contribution in [0.25, 0.3) is 0 Å². The van der Waals surface area contributed by atoms with Gasteiger partial charge in [-0.15, -0.1) is 0 Å². The molecule has 0 amide bonds. The Kier molecular flexibility index (Phi) is 5.35. The second-order valence-electron chi connectivity index (χ2n) is 6.21. The third-order valence-corrected chi connectivity index (χ3v) is 5.11. The lowest BCUT2D eigenvalue weighted by molar-refractivity contribution is 0.344. The third kappa shape index (κ3) is 4.30. The van der Waals surface area contributed by atoms with Crippen molar-refractivity contribution in [1.29, 1.82) is 0 Å². The molecule has 1 unspecified atom stereocenters. The second kappa shape index (κ2) is 6.24. The first-order valence-corrected chi connectivity index (χ1v) is 8.39. The van der Waals surface area contributed by atoms with Crippen molar-refractivity contribution in [2.45, 2.75) is 51.5 Å². The van der Waals surface area contributed by atoms with Crippen molar-refractivity contribution < 1.29 is 8.42 Å². The minimum atomic E-state index is -3.54. The molecule has 5 heteroatoms. The number of nitrogens with one attached hydrogen (secondary N) is 1. The van der Waals surface area contributed by atoms with Gasteiger partial charge in [0.25, 0.3) is 0 Å². The smallest absolute Gasteiger partial charge is 0.241 e. The summed E-state index contributed by atoms with van der Waals surface area (Å²) >= 11 is 0. The molecule has 0 saturated heterocycles. The van der Waals surface area contributed by atoms with Gasteiger partial charge in [-0.1, -0.05) is 19.9 Å². The van der Waals surface area contributed by atoms with Crippen LogP contribution in [0.3, 0.4) is 0 Å². The summed E-state index contributed by atoms with van der Waals surface area (Å²) in [7, 11) is -3.54. The van der Waals surface area contributed by atoms with Gasteiger partial charge in [0.05, 0.1) is 4.90 Å². The predicted octanol–water partition coefficient (Wildman–Crippen LogP) is 2.35. The SMILES string of the molecule is Cc1ccc(S(=O)(=O)NC(C)(CN)CC(C)C)cc1C. The van der Waals surface area contributed by atoms with Crippen molar-refractivity contribution in [2.75, 3.05) is 6.54 Å². The maximum absolute atomic E-state index is 12.5. The Bertz CT molecular complexity index is 567. The summed E-state index contributed by atoms with van der Waals surface area (Å²) in [6.45, 7) is 10.1. The minimum Gasteiger partial charge on any atom is -0.329 e. The van der Waals surface area contributed by atoms with Gasteiger partial charge in [-0.2, -0.15) is 0 Å². The van der Waals surface area contributed by atoms with Crippen LogP contribution >= 0.6 is 0 Å². The third-order valence-electron chi connectivity index (χ3n) is 3.48. The highest BCUT2D eigenvalue weighted by molar-refractivity contribution is 7.89. The fourth-order valence-corrected chi connectivity index (χ4v) is 3.84. The summed E-state index contributed by atoms with van der Waals surface area (Å²) in [5, 5.41) is 0. The number of hydrogen-bond donors (Lipinski definition) is 2. The van der Waals surface area contributed by atoms with Gasteiger partial charge in [-0.05, 0) is 56.4 Å². The van der Waals surface area contributed by atoms with E-state index in [0.29, 0.717) is 17.2 Å². The molecular formula is C15H26N2O2S. The predicted molar refractivity (Wildman–Crippen MR) is 83.2 cm³/mol. The van der Waals surface area contributed by atoms with Crippen LogP contribution in [0.4, 0.5) is 0 Å². The Morgan fingerprint density at radius 3 is 2.30 bits per heavy atom. The molecule has 3 N–H and O–H groups in total. The Morgan fingerprint density at radius 1 is 1.25 bits per heavy atom. The molecule has 20 heavy (non-hydrogen) atoms. The molecule has 0 saturated carbocycles. The first-order valence-electron chi connectivity index (χ1n) is 6.91. The molecule has 0 aliphatic rings. The van der Waals surface area contributed by atoms with Gasteiger partial charge in [-0.25, -0.2) is 13.1 Å². The van der Waals surface area contributed by atoms with E-state index in [0.717, 1.165) is 11.1 Å². The Morgan fingerprint density at radius 2 is 1.85 bits per heavy atom. The van der Waals surface area contributed by atoms with Crippen LogP contribution in [0.15, 0.2) is 23.1 Å². The largest absolute Gasteiger partial charge is 0.329 e. The average molecular weight is 298 g/mol. The monoisotopic (exact) mass is 298 g/mol. The van der Waals surface area contributed by atoms with Crippen molar-refractivity contribution in [1.82, 2.24) is 4.72 Å². The summed E-state index contributed by atoms with van der Waals surface area (Å²) in [5.74, 6) is 0.367. The second-order valence-corrected chi connectivity index (χ2v) is 7.90. The van der Waals surface area contributed by atoms with E-state index in [-0.39, 0.29) is 6.54 Å². The Balaban J connectivity index is 3.07. The molecular weight excluding hydrogens is 272 g/mol. The maximum Gasteiger partial charge on any atom is 0.241 e. The van der Waals surface area contributed by atoms with Crippen molar-refractivity contribution in [2.24, 2.45) is 11.7 Å². The fraction of sp³-hybridized carbons (Fsp3) is 0.600. The molecule has 1 aromatic carbocycles. The zero-order valence-corrected chi connectivity index (χ0v) is 13.8. The van der Waals surface area contributed by atoms with E-state index in [1.54, 1.807) is 12.1 Å².